The van der Waals surface area contributed by atoms with Gasteiger partial charge in [0.25, 0.3) is 11.1 Å². The van der Waals surface area contributed by atoms with Crippen LogP contribution in [0.25, 0.3) is 17.0 Å². The van der Waals surface area contributed by atoms with Gasteiger partial charge < -0.3 is 10.3 Å². The van der Waals surface area contributed by atoms with Crippen LogP contribution in [-0.2, 0) is 16.0 Å². The average molecular weight is 441 g/mol. The third kappa shape index (κ3) is 4.66. The van der Waals surface area contributed by atoms with Crippen molar-refractivity contribution in [2.75, 3.05) is 13.1 Å². The van der Waals surface area contributed by atoms with Crippen molar-refractivity contribution >= 4 is 45.8 Å². The van der Waals surface area contributed by atoms with Crippen LogP contribution < -0.4 is 5.32 Å². The molecule has 2 aromatic carbocycles. The van der Waals surface area contributed by atoms with E-state index in [4.69, 9.17) is 0 Å². The molecule has 1 aliphatic heterocycles. The second-order valence-electron chi connectivity index (χ2n) is 6.92. The van der Waals surface area contributed by atoms with Crippen LogP contribution in [0, 0.1) is 11.6 Å². The first kappa shape index (κ1) is 20.8. The monoisotopic (exact) mass is 441 g/mol. The van der Waals surface area contributed by atoms with Crippen LogP contribution in [0.4, 0.5) is 13.6 Å². The van der Waals surface area contributed by atoms with E-state index in [0.29, 0.717) is 16.5 Å². The molecule has 0 spiro atoms. The summed E-state index contributed by atoms with van der Waals surface area (Å²) in [6.45, 7) is 0.122. The van der Waals surface area contributed by atoms with Crippen molar-refractivity contribution in [2.24, 2.45) is 0 Å². The van der Waals surface area contributed by atoms with Gasteiger partial charge in [0.1, 0.15) is 11.6 Å². The highest BCUT2D eigenvalue weighted by Crippen LogP contribution is 2.31. The number of H-pyrrole nitrogens is 1. The molecule has 6 nitrogen and oxygen atoms in total. The number of carbonyl (C=O) groups is 3. The number of imide groups is 1. The third-order valence-electron chi connectivity index (χ3n) is 4.78. The second kappa shape index (κ2) is 8.73. The van der Waals surface area contributed by atoms with E-state index < -0.39 is 17.0 Å². The number of aromatic amines is 1. The summed E-state index contributed by atoms with van der Waals surface area (Å²) in [6, 6.07) is 9.87. The van der Waals surface area contributed by atoms with Crippen molar-refractivity contribution in [1.29, 1.82) is 0 Å². The lowest BCUT2D eigenvalue weighted by atomic mass is 10.1. The van der Waals surface area contributed by atoms with E-state index in [1.165, 1.54) is 42.5 Å². The summed E-state index contributed by atoms with van der Waals surface area (Å²) in [7, 11) is 0. The molecule has 0 aliphatic carbocycles. The molecule has 0 atom stereocenters. The Labute approximate surface area is 180 Å². The van der Waals surface area contributed by atoms with Crippen LogP contribution in [0.15, 0.2) is 53.6 Å². The quantitative estimate of drug-likeness (QED) is 0.570. The molecule has 3 aromatic rings. The van der Waals surface area contributed by atoms with Gasteiger partial charge in [0.2, 0.25) is 5.91 Å². The third-order valence-corrected chi connectivity index (χ3v) is 5.69. The summed E-state index contributed by atoms with van der Waals surface area (Å²) in [5.41, 5.74) is 1.99. The van der Waals surface area contributed by atoms with Crippen LogP contribution >= 0.6 is 11.8 Å². The second-order valence-corrected chi connectivity index (χ2v) is 7.91. The van der Waals surface area contributed by atoms with Gasteiger partial charge in [-0.15, -0.1) is 0 Å². The number of hydrogen-bond acceptors (Lipinski definition) is 4. The summed E-state index contributed by atoms with van der Waals surface area (Å²) >= 11 is 0.799. The molecule has 4 rings (SSSR count). The number of hydrogen-bond donors (Lipinski definition) is 2. The van der Waals surface area contributed by atoms with Crippen LogP contribution in [0.1, 0.15) is 11.1 Å². The Hall–Kier alpha value is -3.46. The smallest absolute Gasteiger partial charge is 0.293 e. The van der Waals surface area contributed by atoms with Crippen molar-refractivity contribution in [3.05, 3.63) is 76.3 Å². The molecule has 158 valence electrons. The summed E-state index contributed by atoms with van der Waals surface area (Å²) < 4.78 is 26.5. The lowest BCUT2D eigenvalue weighted by Gasteiger charge is -2.13. The van der Waals surface area contributed by atoms with Gasteiger partial charge in [0, 0.05) is 30.2 Å². The van der Waals surface area contributed by atoms with Crippen molar-refractivity contribution in [3.8, 4) is 0 Å². The minimum absolute atomic E-state index is 0.0275. The molecular weight excluding hydrogens is 424 g/mol. The number of amides is 3. The van der Waals surface area contributed by atoms with Gasteiger partial charge in [-0.1, -0.05) is 12.1 Å². The topological polar surface area (TPSA) is 82.3 Å². The Kier molecular flexibility index (Phi) is 5.85. The molecule has 2 heterocycles. The molecule has 1 fully saturated rings. The SMILES string of the molecule is O=C(Cc1c[nH]c2ccc(F)cc12)NCCN1C(=O)S/C(=C\c2ccc(F)cc2)C1=O. The van der Waals surface area contributed by atoms with Crippen LogP contribution in [0.5, 0.6) is 0 Å². The fourth-order valence-electron chi connectivity index (χ4n) is 3.24. The summed E-state index contributed by atoms with van der Waals surface area (Å²) in [5.74, 6) is -1.54. The summed E-state index contributed by atoms with van der Waals surface area (Å²) in [4.78, 5) is 41.2. The van der Waals surface area contributed by atoms with E-state index in [-0.39, 0.29) is 36.1 Å². The standard InChI is InChI=1S/C22H17F2N3O3S/c23-15-3-1-13(2-4-15)9-19-21(29)27(22(30)31-19)8-7-25-20(28)10-14-12-26-18-6-5-16(24)11-17(14)18/h1-6,9,11-12,26H,7-8,10H2,(H,25,28)/b19-9-. The number of benzene rings is 2. The van der Waals surface area contributed by atoms with Gasteiger partial charge in [-0.25, -0.2) is 8.78 Å². The zero-order chi connectivity index (χ0) is 22.0. The molecular formula is C22H17F2N3O3S. The van der Waals surface area contributed by atoms with E-state index in [0.717, 1.165) is 22.2 Å². The normalized spacial score (nSPS) is 15.3. The molecule has 1 saturated heterocycles. The highest BCUT2D eigenvalue weighted by atomic mass is 32.2. The number of carbonyl (C=O) groups excluding carboxylic acids is 3. The van der Waals surface area contributed by atoms with Gasteiger partial charge in [-0.2, -0.15) is 0 Å². The Morgan fingerprint density at radius 2 is 1.84 bits per heavy atom. The van der Waals surface area contributed by atoms with Crippen LogP contribution in [0.2, 0.25) is 0 Å². The zero-order valence-electron chi connectivity index (χ0n) is 16.2. The molecule has 0 radical (unpaired) electrons. The maximum Gasteiger partial charge on any atom is 0.293 e. The molecule has 1 aromatic heterocycles. The van der Waals surface area contributed by atoms with Gasteiger partial charge in [0.05, 0.1) is 11.3 Å². The van der Waals surface area contributed by atoms with E-state index in [1.54, 1.807) is 12.3 Å². The predicted molar refractivity (Wildman–Crippen MR) is 114 cm³/mol. The summed E-state index contributed by atoms with van der Waals surface area (Å²) in [6.07, 6.45) is 3.22. The van der Waals surface area contributed by atoms with E-state index >= 15 is 0 Å². The maximum atomic E-state index is 13.5. The van der Waals surface area contributed by atoms with Crippen LogP contribution in [-0.4, -0.2) is 40.0 Å². The Morgan fingerprint density at radius 1 is 1.10 bits per heavy atom. The maximum absolute atomic E-state index is 13.5. The van der Waals surface area contributed by atoms with Crippen molar-refractivity contribution in [3.63, 3.8) is 0 Å². The van der Waals surface area contributed by atoms with Gasteiger partial charge in [-0.3, -0.25) is 19.3 Å². The van der Waals surface area contributed by atoms with Crippen LogP contribution in [0.3, 0.4) is 0 Å². The first-order chi connectivity index (χ1) is 14.9. The molecule has 0 unspecified atom stereocenters. The Bertz CT molecular complexity index is 1200. The Morgan fingerprint density at radius 3 is 2.61 bits per heavy atom. The number of nitrogens with one attached hydrogen (secondary N) is 2. The highest BCUT2D eigenvalue weighted by molar-refractivity contribution is 8.18. The lowest BCUT2D eigenvalue weighted by Crippen LogP contribution is -2.37. The number of aromatic nitrogens is 1. The molecule has 0 bridgehead atoms. The number of nitrogens with zero attached hydrogens (tertiary/aromatic N) is 1. The van der Waals surface area contributed by atoms with Crippen molar-refractivity contribution in [1.82, 2.24) is 15.2 Å². The molecule has 1 aliphatic rings. The largest absolute Gasteiger partial charge is 0.361 e. The average Bonchev–Trinajstić information content (AvgIpc) is 3.24. The predicted octanol–water partition coefficient (Wildman–Crippen LogP) is 3.84. The van der Waals surface area contributed by atoms with E-state index in [1.807, 2.05) is 0 Å². The molecule has 31 heavy (non-hydrogen) atoms. The van der Waals surface area contributed by atoms with E-state index in [2.05, 4.69) is 10.3 Å². The minimum Gasteiger partial charge on any atom is -0.361 e. The first-order valence-corrected chi connectivity index (χ1v) is 10.3. The molecule has 2 N–H and O–H groups in total. The highest BCUT2D eigenvalue weighted by Gasteiger charge is 2.34. The van der Waals surface area contributed by atoms with Crippen molar-refractivity contribution < 1.29 is 23.2 Å². The van der Waals surface area contributed by atoms with Crippen molar-refractivity contribution in [2.45, 2.75) is 6.42 Å². The fourth-order valence-corrected chi connectivity index (χ4v) is 4.11. The molecule has 9 heteroatoms. The lowest BCUT2D eigenvalue weighted by molar-refractivity contribution is -0.124. The molecule has 3 amide bonds. The minimum atomic E-state index is -0.458. The number of rotatable bonds is 6. The van der Waals surface area contributed by atoms with E-state index in [9.17, 15) is 23.2 Å². The first-order valence-electron chi connectivity index (χ1n) is 9.44. The Balaban J connectivity index is 1.33. The summed E-state index contributed by atoms with van der Waals surface area (Å²) in [5, 5.41) is 2.88. The zero-order valence-corrected chi connectivity index (χ0v) is 17.0. The number of thioether (sulfide) groups is 1. The van der Waals surface area contributed by atoms with Gasteiger partial charge >= 0.3 is 0 Å². The fraction of sp³-hybridized carbons (Fsp3) is 0.136. The molecule has 0 saturated carbocycles. The number of halogens is 2. The van der Waals surface area contributed by atoms with Gasteiger partial charge in [0.15, 0.2) is 0 Å². The van der Waals surface area contributed by atoms with Gasteiger partial charge in [-0.05, 0) is 59.3 Å². The number of fused-ring (bicyclic) bond motifs is 1.